The maximum Gasteiger partial charge on any atom is 0.405 e. The predicted octanol–water partition coefficient (Wildman–Crippen LogP) is 4.26. The van der Waals surface area contributed by atoms with Gasteiger partial charge in [0.05, 0.1) is 11.6 Å². The van der Waals surface area contributed by atoms with Gasteiger partial charge in [0.25, 0.3) is 0 Å². The van der Waals surface area contributed by atoms with Crippen molar-refractivity contribution >= 4 is 23.2 Å². The van der Waals surface area contributed by atoms with Crippen molar-refractivity contribution in [3.05, 3.63) is 76.9 Å². The number of benzene rings is 1. The number of nitrogens with zero attached hydrogens (tertiary/aromatic N) is 3. The number of aromatic nitrogens is 3. The molecule has 0 aliphatic heterocycles. The molecule has 40 heavy (non-hydrogen) atoms. The fourth-order valence-electron chi connectivity index (χ4n) is 3.45. The number of hydrogen-bond acceptors (Lipinski definition) is 9. The van der Waals surface area contributed by atoms with Gasteiger partial charge in [-0.1, -0.05) is 18.2 Å². The molecule has 12 nitrogen and oxygen atoms in total. The molecule has 0 saturated heterocycles. The average Bonchev–Trinajstić information content (AvgIpc) is 3.37. The molecule has 1 aromatic carbocycles. The van der Waals surface area contributed by atoms with Gasteiger partial charge >= 0.3 is 12.2 Å². The Morgan fingerprint density at radius 3 is 1.88 bits per heavy atom. The van der Waals surface area contributed by atoms with Gasteiger partial charge in [-0.2, -0.15) is 0 Å². The molecule has 2 amide bonds. The van der Waals surface area contributed by atoms with Crippen molar-refractivity contribution in [3.8, 4) is 17.3 Å². The zero-order valence-electron chi connectivity index (χ0n) is 23.5. The number of nitrogens with two attached hydrogens (primary N) is 3. The topological polar surface area (TPSA) is 192 Å². The van der Waals surface area contributed by atoms with Crippen LogP contribution < -0.4 is 22.6 Å². The van der Waals surface area contributed by atoms with E-state index in [2.05, 4.69) is 19.4 Å². The highest BCUT2D eigenvalue weighted by atomic mass is 16.6. The third kappa shape index (κ3) is 9.24. The van der Waals surface area contributed by atoms with Crippen molar-refractivity contribution in [2.45, 2.75) is 59.3 Å². The fraction of sp³-hybridized carbons (Fsp3) is 0.321. The summed E-state index contributed by atoms with van der Waals surface area (Å²) in [7, 11) is 0. The lowest BCUT2D eigenvalue weighted by molar-refractivity contribution is 0.0588. The molecule has 4 rings (SSSR count). The summed E-state index contributed by atoms with van der Waals surface area (Å²) >= 11 is 0. The standard InChI is InChI=1S/C18H14N4O2.2C5H11NO2/c19-11-14-15(18-21-9-10-24-18)22(12-5-2-1-3-6-12)17-13(16(14)23)7-4-8-20-17;2*1-5(2,3)8-4(6)7/h1-10H,11,19H2;2*1-3H3,(H2,6,7). The molecule has 4 aromatic rings. The van der Waals surface area contributed by atoms with Crippen molar-refractivity contribution in [2.24, 2.45) is 17.2 Å². The van der Waals surface area contributed by atoms with Gasteiger partial charge in [-0.25, -0.2) is 19.6 Å². The summed E-state index contributed by atoms with van der Waals surface area (Å²) in [5, 5.41) is 0.511. The van der Waals surface area contributed by atoms with Gasteiger partial charge in [0, 0.05) is 24.0 Å². The molecule has 0 atom stereocenters. The van der Waals surface area contributed by atoms with Gasteiger partial charge < -0.3 is 31.1 Å². The molecule has 0 aliphatic carbocycles. The van der Waals surface area contributed by atoms with Crippen LogP contribution in [-0.4, -0.2) is 37.9 Å². The predicted molar refractivity (Wildman–Crippen MR) is 152 cm³/mol. The second kappa shape index (κ2) is 13.4. The Labute approximate surface area is 232 Å². The maximum absolute atomic E-state index is 12.9. The van der Waals surface area contributed by atoms with Crippen LogP contribution in [0.2, 0.25) is 0 Å². The first-order chi connectivity index (χ1) is 18.6. The summed E-state index contributed by atoms with van der Waals surface area (Å²) in [6.45, 7) is 10.6. The Bertz CT molecular complexity index is 1440. The number of carbonyl (C=O) groups excluding carboxylic acids is 2. The summed E-state index contributed by atoms with van der Waals surface area (Å²) in [5.41, 5.74) is 16.6. The Balaban J connectivity index is 0.000000290. The molecule has 0 bridgehead atoms. The van der Waals surface area contributed by atoms with E-state index in [0.717, 1.165) is 5.69 Å². The Hall–Kier alpha value is -4.71. The van der Waals surface area contributed by atoms with Crippen LogP contribution in [0.25, 0.3) is 28.3 Å². The minimum atomic E-state index is -0.725. The second-order valence-electron chi connectivity index (χ2n) is 10.3. The number of carbonyl (C=O) groups is 2. The fourth-order valence-corrected chi connectivity index (χ4v) is 3.45. The van der Waals surface area contributed by atoms with Crippen LogP contribution in [0.5, 0.6) is 0 Å². The van der Waals surface area contributed by atoms with E-state index >= 15 is 0 Å². The molecular formula is C28H36N6O6. The Kier molecular flexibility index (Phi) is 10.5. The molecule has 0 aliphatic rings. The van der Waals surface area contributed by atoms with Crippen LogP contribution in [0.1, 0.15) is 47.1 Å². The van der Waals surface area contributed by atoms with Crippen LogP contribution in [0.3, 0.4) is 0 Å². The minimum Gasteiger partial charge on any atom is -0.444 e. The molecule has 6 N–H and O–H groups in total. The smallest absolute Gasteiger partial charge is 0.405 e. The zero-order valence-corrected chi connectivity index (χ0v) is 23.5. The number of para-hydroxylation sites is 1. The van der Waals surface area contributed by atoms with Crippen molar-refractivity contribution < 1.29 is 23.5 Å². The van der Waals surface area contributed by atoms with Crippen LogP contribution in [0.4, 0.5) is 9.59 Å². The van der Waals surface area contributed by atoms with Crippen LogP contribution in [0, 0.1) is 0 Å². The van der Waals surface area contributed by atoms with Gasteiger partial charge in [0.15, 0.2) is 5.43 Å². The van der Waals surface area contributed by atoms with Gasteiger partial charge in [-0.15, -0.1) is 0 Å². The second-order valence-corrected chi connectivity index (χ2v) is 10.3. The minimum absolute atomic E-state index is 0.0776. The zero-order chi connectivity index (χ0) is 30.1. The lowest BCUT2D eigenvalue weighted by atomic mass is 10.1. The lowest BCUT2D eigenvalue weighted by Gasteiger charge is -2.17. The molecule has 0 spiro atoms. The van der Waals surface area contributed by atoms with Gasteiger partial charge in [-0.3, -0.25) is 9.36 Å². The van der Waals surface area contributed by atoms with E-state index in [1.54, 1.807) is 59.9 Å². The van der Waals surface area contributed by atoms with Crippen molar-refractivity contribution in [2.75, 3.05) is 0 Å². The first-order valence-electron chi connectivity index (χ1n) is 12.3. The van der Waals surface area contributed by atoms with Gasteiger partial charge in [0.1, 0.15) is 28.8 Å². The number of pyridine rings is 2. The number of fused-ring (bicyclic) bond motifs is 1. The highest BCUT2D eigenvalue weighted by Crippen LogP contribution is 2.27. The molecular weight excluding hydrogens is 516 g/mol. The quantitative estimate of drug-likeness (QED) is 0.333. The molecule has 0 fully saturated rings. The normalized spacial score (nSPS) is 11.0. The number of amides is 2. The third-order valence-corrected chi connectivity index (χ3v) is 4.69. The average molecular weight is 553 g/mol. The first kappa shape index (κ1) is 31.5. The highest BCUT2D eigenvalue weighted by molar-refractivity contribution is 5.82. The van der Waals surface area contributed by atoms with E-state index in [1.807, 2.05) is 34.9 Å². The molecule has 0 radical (unpaired) electrons. The number of ether oxygens (including phenoxy) is 2. The van der Waals surface area contributed by atoms with Crippen molar-refractivity contribution in [3.63, 3.8) is 0 Å². The third-order valence-electron chi connectivity index (χ3n) is 4.69. The summed E-state index contributed by atoms with van der Waals surface area (Å²) in [5.74, 6) is 0.337. The highest BCUT2D eigenvalue weighted by Gasteiger charge is 2.22. The molecule has 3 heterocycles. The molecule has 0 unspecified atom stereocenters. The van der Waals surface area contributed by atoms with Crippen molar-refractivity contribution in [1.29, 1.82) is 0 Å². The number of hydrogen-bond donors (Lipinski definition) is 3. The van der Waals surface area contributed by atoms with Crippen LogP contribution in [0.15, 0.2) is 70.3 Å². The Morgan fingerprint density at radius 2 is 1.45 bits per heavy atom. The van der Waals surface area contributed by atoms with E-state index < -0.39 is 23.4 Å². The van der Waals surface area contributed by atoms with E-state index in [-0.39, 0.29) is 12.0 Å². The largest absolute Gasteiger partial charge is 0.444 e. The summed E-state index contributed by atoms with van der Waals surface area (Å²) in [4.78, 5) is 41.5. The van der Waals surface area contributed by atoms with E-state index in [4.69, 9.17) is 21.6 Å². The van der Waals surface area contributed by atoms with Gasteiger partial charge in [-0.05, 0) is 65.8 Å². The molecule has 214 valence electrons. The maximum atomic E-state index is 12.9. The number of primary amides is 2. The van der Waals surface area contributed by atoms with E-state index in [0.29, 0.717) is 28.2 Å². The van der Waals surface area contributed by atoms with Crippen LogP contribution in [-0.2, 0) is 16.0 Å². The molecule has 3 aromatic heterocycles. The Morgan fingerprint density at radius 1 is 0.875 bits per heavy atom. The molecule has 0 saturated carbocycles. The number of rotatable bonds is 3. The monoisotopic (exact) mass is 552 g/mol. The van der Waals surface area contributed by atoms with E-state index in [1.165, 1.54) is 12.5 Å². The summed E-state index contributed by atoms with van der Waals surface area (Å²) in [6, 6.07) is 13.1. The summed E-state index contributed by atoms with van der Waals surface area (Å²) in [6.07, 6.45) is 3.22. The summed E-state index contributed by atoms with van der Waals surface area (Å²) < 4.78 is 16.5. The van der Waals surface area contributed by atoms with Crippen LogP contribution >= 0.6 is 0 Å². The van der Waals surface area contributed by atoms with Gasteiger partial charge in [0.2, 0.25) is 5.89 Å². The lowest BCUT2D eigenvalue weighted by Crippen LogP contribution is -2.27. The SMILES string of the molecule is CC(C)(C)OC(N)=O.CC(C)(C)OC(N)=O.NCc1c(-c2ncco2)n(-c2ccccc2)c2ncccc2c1=O. The van der Waals surface area contributed by atoms with E-state index in [9.17, 15) is 14.4 Å². The first-order valence-corrected chi connectivity index (χ1v) is 12.3. The molecule has 12 heteroatoms. The van der Waals surface area contributed by atoms with Crippen molar-refractivity contribution in [1.82, 2.24) is 14.5 Å². The number of oxazole rings is 1.